The van der Waals surface area contributed by atoms with Crippen LogP contribution in [-0.2, 0) is 0 Å². The summed E-state index contributed by atoms with van der Waals surface area (Å²) in [5.74, 6) is 1.61. The smallest absolute Gasteiger partial charge is 0.138 e. The second-order valence-electron chi connectivity index (χ2n) is 7.35. The van der Waals surface area contributed by atoms with E-state index < -0.39 is 5.60 Å². The molecular formula is C21H22ClN3O2. The molecule has 27 heavy (non-hydrogen) atoms. The average Bonchev–Trinajstić information content (AvgIpc) is 2.65. The number of anilines is 2. The van der Waals surface area contributed by atoms with Crippen molar-refractivity contribution in [2.75, 3.05) is 5.32 Å². The fourth-order valence-electron chi connectivity index (χ4n) is 3.44. The summed E-state index contributed by atoms with van der Waals surface area (Å²) in [6, 6.07) is 11.6. The lowest BCUT2D eigenvalue weighted by atomic mass is 9.85. The summed E-state index contributed by atoms with van der Waals surface area (Å²) >= 11 is 5.84. The summed E-state index contributed by atoms with van der Waals surface area (Å²) in [7, 11) is 0. The van der Waals surface area contributed by atoms with Crippen LogP contribution in [0.1, 0.15) is 32.6 Å². The van der Waals surface area contributed by atoms with E-state index in [1.54, 1.807) is 18.5 Å². The lowest BCUT2D eigenvalue weighted by Crippen LogP contribution is -2.34. The number of hydrogen-bond acceptors (Lipinski definition) is 5. The normalized spacial score (nSPS) is 22.6. The van der Waals surface area contributed by atoms with Crippen molar-refractivity contribution in [1.82, 2.24) is 9.97 Å². The van der Waals surface area contributed by atoms with E-state index in [2.05, 4.69) is 15.3 Å². The van der Waals surface area contributed by atoms with Gasteiger partial charge in [0.05, 0.1) is 23.6 Å². The summed E-state index contributed by atoms with van der Waals surface area (Å²) in [5, 5.41) is 15.9. The quantitative estimate of drug-likeness (QED) is 0.613. The molecule has 1 aliphatic carbocycles. The van der Waals surface area contributed by atoms with Gasteiger partial charge in [-0.25, -0.2) is 9.97 Å². The topological polar surface area (TPSA) is 67.3 Å². The fourth-order valence-corrected chi connectivity index (χ4v) is 3.55. The Morgan fingerprint density at radius 3 is 2.70 bits per heavy atom. The van der Waals surface area contributed by atoms with Gasteiger partial charge in [0.15, 0.2) is 0 Å². The number of benzene rings is 1. The molecule has 2 aromatic heterocycles. The van der Waals surface area contributed by atoms with Gasteiger partial charge in [0.2, 0.25) is 0 Å². The molecule has 3 aromatic rings. The lowest BCUT2D eigenvalue weighted by molar-refractivity contribution is -0.0108. The predicted molar refractivity (Wildman–Crippen MR) is 108 cm³/mol. The first-order valence-corrected chi connectivity index (χ1v) is 9.53. The Morgan fingerprint density at radius 2 is 1.96 bits per heavy atom. The van der Waals surface area contributed by atoms with E-state index in [4.69, 9.17) is 16.3 Å². The van der Waals surface area contributed by atoms with E-state index >= 15 is 0 Å². The van der Waals surface area contributed by atoms with Crippen molar-refractivity contribution in [2.45, 2.75) is 44.3 Å². The van der Waals surface area contributed by atoms with Crippen molar-refractivity contribution in [2.24, 2.45) is 0 Å². The zero-order valence-corrected chi connectivity index (χ0v) is 15.9. The molecule has 4 rings (SSSR count). The molecule has 0 radical (unpaired) electrons. The Morgan fingerprint density at radius 1 is 1.15 bits per heavy atom. The molecule has 0 amide bonds. The molecule has 0 saturated heterocycles. The summed E-state index contributed by atoms with van der Waals surface area (Å²) in [4.78, 5) is 8.53. The Hall–Kier alpha value is -2.37. The number of aromatic nitrogens is 2. The number of ether oxygens (including phenoxy) is 1. The maximum absolute atomic E-state index is 10.1. The maximum atomic E-state index is 10.1. The minimum absolute atomic E-state index is 0.155. The van der Waals surface area contributed by atoms with Crippen molar-refractivity contribution in [3.8, 4) is 5.75 Å². The van der Waals surface area contributed by atoms with E-state index in [0.717, 1.165) is 53.7 Å². The average molecular weight is 384 g/mol. The van der Waals surface area contributed by atoms with Crippen LogP contribution < -0.4 is 10.1 Å². The van der Waals surface area contributed by atoms with Crippen LogP contribution in [0.2, 0.25) is 5.15 Å². The first-order valence-electron chi connectivity index (χ1n) is 9.15. The third-order valence-electron chi connectivity index (χ3n) is 5.04. The van der Waals surface area contributed by atoms with Crippen molar-refractivity contribution in [3.63, 3.8) is 0 Å². The highest BCUT2D eigenvalue weighted by Gasteiger charge is 2.29. The zero-order chi connectivity index (χ0) is 18.9. The third-order valence-corrected chi connectivity index (χ3v) is 5.26. The van der Waals surface area contributed by atoms with E-state index in [1.807, 2.05) is 37.3 Å². The lowest BCUT2D eigenvalue weighted by Gasteiger charge is -2.33. The monoisotopic (exact) mass is 383 g/mol. The number of halogens is 1. The van der Waals surface area contributed by atoms with Crippen LogP contribution in [0.25, 0.3) is 10.8 Å². The largest absolute Gasteiger partial charge is 0.490 e. The molecule has 0 atom stereocenters. The van der Waals surface area contributed by atoms with Gasteiger partial charge >= 0.3 is 0 Å². The van der Waals surface area contributed by atoms with Gasteiger partial charge in [-0.2, -0.15) is 0 Å². The standard InChI is InChI=1S/C21H22ClN3O2/c1-21(26)9-6-16(7-10-21)27-17-3-4-18-14(12-17)8-11-23-20(18)25-15-2-5-19(22)24-13-15/h2-5,8,11-13,16,26H,6-7,9-10H2,1H3,(H,23,25). The molecule has 0 bridgehead atoms. The molecular weight excluding hydrogens is 362 g/mol. The molecule has 1 fully saturated rings. The summed E-state index contributed by atoms with van der Waals surface area (Å²) in [6.07, 6.45) is 6.91. The molecule has 2 heterocycles. The molecule has 2 N–H and O–H groups in total. The van der Waals surface area contributed by atoms with E-state index in [1.165, 1.54) is 0 Å². The molecule has 0 spiro atoms. The molecule has 6 heteroatoms. The number of nitrogens with one attached hydrogen (secondary N) is 1. The van der Waals surface area contributed by atoms with Crippen molar-refractivity contribution < 1.29 is 9.84 Å². The van der Waals surface area contributed by atoms with Crippen LogP contribution in [-0.4, -0.2) is 26.8 Å². The molecule has 1 saturated carbocycles. The van der Waals surface area contributed by atoms with Gasteiger partial charge in [-0.3, -0.25) is 0 Å². The Balaban J connectivity index is 1.52. The van der Waals surface area contributed by atoms with Gasteiger partial charge in [0.25, 0.3) is 0 Å². The van der Waals surface area contributed by atoms with Crippen LogP contribution in [0.3, 0.4) is 0 Å². The molecule has 140 valence electrons. The van der Waals surface area contributed by atoms with Gasteiger partial charge in [-0.1, -0.05) is 11.6 Å². The zero-order valence-electron chi connectivity index (χ0n) is 15.2. The first kappa shape index (κ1) is 18.0. The van der Waals surface area contributed by atoms with Gasteiger partial charge in [-0.15, -0.1) is 0 Å². The van der Waals surface area contributed by atoms with E-state index in [9.17, 15) is 5.11 Å². The third kappa shape index (κ3) is 4.31. The number of pyridine rings is 2. The van der Waals surface area contributed by atoms with E-state index in [0.29, 0.717) is 5.15 Å². The Labute approximate surface area is 163 Å². The number of rotatable bonds is 4. The van der Waals surface area contributed by atoms with Gasteiger partial charge in [0, 0.05) is 11.6 Å². The van der Waals surface area contributed by atoms with Crippen LogP contribution in [0.15, 0.2) is 48.8 Å². The van der Waals surface area contributed by atoms with Crippen LogP contribution >= 0.6 is 11.6 Å². The highest BCUT2D eigenvalue weighted by molar-refractivity contribution is 6.29. The van der Waals surface area contributed by atoms with Crippen LogP contribution in [0.4, 0.5) is 11.5 Å². The molecule has 1 aromatic carbocycles. The Bertz CT molecular complexity index is 934. The van der Waals surface area contributed by atoms with Gasteiger partial charge < -0.3 is 15.2 Å². The predicted octanol–water partition coefficient (Wildman–Crippen LogP) is 5.10. The number of hydrogen-bond donors (Lipinski definition) is 2. The van der Waals surface area contributed by atoms with E-state index in [-0.39, 0.29) is 6.10 Å². The van der Waals surface area contributed by atoms with Crippen molar-refractivity contribution in [3.05, 3.63) is 53.9 Å². The first-order chi connectivity index (χ1) is 13.0. The van der Waals surface area contributed by atoms with Crippen molar-refractivity contribution in [1.29, 1.82) is 0 Å². The van der Waals surface area contributed by atoms with Gasteiger partial charge in [0.1, 0.15) is 16.7 Å². The summed E-state index contributed by atoms with van der Waals surface area (Å²) in [5.41, 5.74) is 0.278. The Kier molecular flexibility index (Phi) is 4.89. The number of fused-ring (bicyclic) bond motifs is 1. The SMILES string of the molecule is CC1(O)CCC(Oc2ccc3c(Nc4ccc(Cl)nc4)nccc3c2)CC1. The molecule has 0 aliphatic heterocycles. The summed E-state index contributed by atoms with van der Waals surface area (Å²) in [6.45, 7) is 1.90. The molecule has 5 nitrogen and oxygen atoms in total. The van der Waals surface area contributed by atoms with Crippen LogP contribution in [0.5, 0.6) is 5.75 Å². The highest BCUT2D eigenvalue weighted by atomic mass is 35.5. The fraction of sp³-hybridized carbons (Fsp3) is 0.333. The second kappa shape index (κ2) is 7.33. The summed E-state index contributed by atoms with van der Waals surface area (Å²) < 4.78 is 6.15. The van der Waals surface area contributed by atoms with Crippen molar-refractivity contribution >= 4 is 33.9 Å². The highest BCUT2D eigenvalue weighted by Crippen LogP contribution is 2.32. The minimum Gasteiger partial charge on any atom is -0.490 e. The van der Waals surface area contributed by atoms with Crippen LogP contribution in [0, 0.1) is 0 Å². The maximum Gasteiger partial charge on any atom is 0.138 e. The number of nitrogens with zero attached hydrogens (tertiary/aromatic N) is 2. The van der Waals surface area contributed by atoms with Gasteiger partial charge in [-0.05, 0) is 74.4 Å². The minimum atomic E-state index is -0.550. The second-order valence-corrected chi connectivity index (χ2v) is 7.74. The molecule has 1 aliphatic rings. The molecule has 0 unspecified atom stereocenters. The number of aliphatic hydroxyl groups is 1.